The average molecular weight is 413 g/mol. The number of H-pyrrole nitrogens is 1. The minimum atomic E-state index is -4.53. The van der Waals surface area contributed by atoms with E-state index in [1.54, 1.807) is 18.3 Å². The molecule has 1 saturated carbocycles. The maximum Gasteiger partial charge on any atom is 0.418 e. The first-order chi connectivity index (χ1) is 14.0. The van der Waals surface area contributed by atoms with Gasteiger partial charge in [0, 0.05) is 23.8 Å². The van der Waals surface area contributed by atoms with Crippen LogP contribution < -0.4 is 11.1 Å². The Labute approximate surface area is 172 Å². The number of aromatic nitrogens is 4. The second kappa shape index (κ2) is 7.98. The number of nitrogens with zero attached hydrogens (tertiary/aromatic N) is 3. The number of halogens is 3. The zero-order valence-electron chi connectivity index (χ0n) is 15.8. The van der Waals surface area contributed by atoms with Gasteiger partial charge in [0.05, 0.1) is 11.3 Å². The predicted octanol–water partition coefficient (Wildman–Crippen LogP) is 5.20. The van der Waals surface area contributed by atoms with Crippen molar-refractivity contribution >= 4 is 16.9 Å². The van der Waals surface area contributed by atoms with Gasteiger partial charge in [0.2, 0.25) is 0 Å². The van der Waals surface area contributed by atoms with Crippen LogP contribution >= 0.6 is 0 Å². The zero-order valence-corrected chi connectivity index (χ0v) is 15.8. The third-order valence-corrected chi connectivity index (χ3v) is 5.56. The van der Waals surface area contributed by atoms with E-state index in [1.807, 2.05) is 0 Å². The van der Waals surface area contributed by atoms with Crippen LogP contribution in [0.25, 0.3) is 22.4 Å². The number of alkyl halides is 3. The van der Waals surface area contributed by atoms with Crippen molar-refractivity contribution in [3.05, 3.63) is 36.0 Å². The summed E-state index contributed by atoms with van der Waals surface area (Å²) in [7, 11) is 0. The Balaban J connectivity index is 0.00000256. The quantitative estimate of drug-likeness (QED) is 0.536. The number of anilines is 1. The van der Waals surface area contributed by atoms with Gasteiger partial charge < -0.3 is 11.1 Å². The first-order valence-electron chi connectivity index (χ1n) is 9.77. The second-order valence-electron chi connectivity index (χ2n) is 7.58. The summed E-state index contributed by atoms with van der Waals surface area (Å²) >= 11 is 0. The molecule has 0 aliphatic heterocycles. The lowest BCUT2D eigenvalue weighted by atomic mass is 9.81. The van der Waals surface area contributed by atoms with Crippen LogP contribution in [0.3, 0.4) is 0 Å². The molecule has 4 rings (SSSR count). The molecular weight excluding hydrogens is 381 g/mol. The van der Waals surface area contributed by atoms with Gasteiger partial charge in [-0.2, -0.15) is 18.3 Å². The van der Waals surface area contributed by atoms with E-state index in [0.717, 1.165) is 31.7 Å². The van der Waals surface area contributed by atoms with Gasteiger partial charge in [-0.15, -0.1) is 0 Å². The van der Waals surface area contributed by atoms with E-state index in [4.69, 9.17) is 5.73 Å². The van der Waals surface area contributed by atoms with Gasteiger partial charge in [-0.25, -0.2) is 9.97 Å². The molecule has 162 valence electrons. The van der Waals surface area contributed by atoms with Crippen molar-refractivity contribution in [2.24, 2.45) is 17.6 Å². The van der Waals surface area contributed by atoms with Crippen molar-refractivity contribution in [1.29, 1.82) is 0 Å². The first kappa shape index (κ1) is 19.6. The Morgan fingerprint density at radius 3 is 2.83 bits per heavy atom. The van der Waals surface area contributed by atoms with E-state index < -0.39 is 11.7 Å². The highest BCUT2D eigenvalue weighted by Gasteiger charge is 2.35. The van der Waals surface area contributed by atoms with Gasteiger partial charge in [0.25, 0.3) is 0 Å². The molecule has 1 aliphatic rings. The fraction of sp³-hybridized carbons (Fsp3) is 0.450. The molecule has 2 atom stereocenters. The van der Waals surface area contributed by atoms with Gasteiger partial charge in [-0.3, -0.25) is 5.10 Å². The summed E-state index contributed by atoms with van der Waals surface area (Å²) in [6.45, 7) is 1.35. The average Bonchev–Trinajstić information content (AvgIpc) is 3.15. The molecule has 9 heteroatoms. The molecule has 0 radical (unpaired) electrons. The summed E-state index contributed by atoms with van der Waals surface area (Å²) in [6, 6.07) is 5.79. The molecule has 0 amide bonds. The number of hydrogen-bond donors (Lipinski definition) is 3. The maximum atomic E-state index is 13.6. The molecule has 3 heterocycles. The molecule has 0 spiro atoms. The van der Waals surface area contributed by atoms with E-state index >= 15 is 0 Å². The minimum absolute atomic E-state index is 0. The number of pyridine rings is 2. The van der Waals surface area contributed by atoms with Crippen LogP contribution in [0.1, 0.15) is 37.0 Å². The number of fused-ring (bicyclic) bond motifs is 1. The number of hydrogen-bond acceptors (Lipinski definition) is 5. The minimum Gasteiger partial charge on any atom is -0.370 e. The Morgan fingerprint density at radius 1 is 1.21 bits per heavy atom. The summed E-state index contributed by atoms with van der Waals surface area (Å²) in [5, 5.41) is 10.4. The Hall–Kier alpha value is -2.68. The third-order valence-electron chi connectivity index (χ3n) is 5.56. The van der Waals surface area contributed by atoms with Gasteiger partial charge >= 0.3 is 6.18 Å². The van der Waals surface area contributed by atoms with Crippen LogP contribution in [0.15, 0.2) is 30.5 Å². The van der Waals surface area contributed by atoms with Crippen molar-refractivity contribution in [2.75, 3.05) is 18.4 Å². The predicted molar refractivity (Wildman–Crippen MR) is 114 cm³/mol. The van der Waals surface area contributed by atoms with Crippen LogP contribution in [0.5, 0.6) is 0 Å². The molecule has 3 aromatic rings. The fourth-order valence-electron chi connectivity index (χ4n) is 4.06. The van der Waals surface area contributed by atoms with Crippen LogP contribution in [0.2, 0.25) is 0 Å². The molecule has 2 unspecified atom stereocenters. The first-order valence-corrected chi connectivity index (χ1v) is 9.77. The lowest BCUT2D eigenvalue weighted by molar-refractivity contribution is -0.137. The van der Waals surface area contributed by atoms with Crippen LogP contribution in [0.4, 0.5) is 19.0 Å². The molecule has 0 saturated heterocycles. The van der Waals surface area contributed by atoms with Gasteiger partial charge in [-0.1, -0.05) is 6.42 Å². The molecule has 3 aromatic heterocycles. The summed E-state index contributed by atoms with van der Waals surface area (Å²) in [5.74, 6) is 1.38. The second-order valence-corrected chi connectivity index (χ2v) is 7.58. The molecule has 4 N–H and O–H groups in total. The Bertz CT molecular complexity index is 1000. The number of rotatable bonds is 5. The smallest absolute Gasteiger partial charge is 0.370 e. The van der Waals surface area contributed by atoms with Gasteiger partial charge in [-0.05, 0) is 61.9 Å². The third kappa shape index (κ3) is 4.19. The van der Waals surface area contributed by atoms with Crippen molar-refractivity contribution in [3.63, 3.8) is 0 Å². The highest BCUT2D eigenvalue weighted by molar-refractivity contribution is 5.90. The molecule has 1 aliphatic carbocycles. The molecule has 0 aromatic carbocycles. The van der Waals surface area contributed by atoms with Crippen LogP contribution in [0, 0.1) is 11.8 Å². The van der Waals surface area contributed by atoms with E-state index in [0.29, 0.717) is 41.8 Å². The van der Waals surface area contributed by atoms with Crippen molar-refractivity contribution in [3.8, 4) is 11.4 Å². The fourth-order valence-corrected chi connectivity index (χ4v) is 4.06. The largest absolute Gasteiger partial charge is 0.418 e. The molecular formula is C20H31F3N6. The summed E-state index contributed by atoms with van der Waals surface area (Å²) in [4.78, 5) is 8.38. The van der Waals surface area contributed by atoms with E-state index in [9.17, 15) is 13.2 Å². The number of nitrogens with two attached hydrogens (primary N) is 1. The molecule has 0 bridgehead atoms. The lowest BCUT2D eigenvalue weighted by Crippen LogP contribution is -2.26. The summed E-state index contributed by atoms with van der Waals surface area (Å²) in [5.41, 5.74) is 5.38. The molecule has 6 nitrogen and oxygen atoms in total. The standard InChI is InChI=1S/C20H23F3N6.4H2/c21-20(22,23)15-6-7-16(26-11-13-4-1-3-12(9-13)10-24)27-18(15)17-14-5-2-8-25-19(14)29-28-17;;;;/h2,5-8,12-13H,1,3-4,9-11,24H2,(H,26,27)(H,25,28,29);4*1H. The monoisotopic (exact) mass is 412 g/mol. The van der Waals surface area contributed by atoms with E-state index in [-0.39, 0.29) is 17.1 Å². The SMILES string of the molecule is NCC1CCCC(CNc2ccc(C(F)(F)F)c(-c3[nH]nc4ncccc34)n2)C1.[HH].[HH].[HH].[HH]. The molecule has 1 fully saturated rings. The summed E-state index contributed by atoms with van der Waals surface area (Å²) in [6.07, 6.45) is 1.42. The van der Waals surface area contributed by atoms with Crippen molar-refractivity contribution in [1.82, 2.24) is 20.2 Å². The normalized spacial score (nSPS) is 20.1. The Kier molecular flexibility index (Phi) is 5.40. The number of nitrogens with one attached hydrogen (secondary N) is 2. The Morgan fingerprint density at radius 2 is 2.03 bits per heavy atom. The van der Waals surface area contributed by atoms with Crippen molar-refractivity contribution < 1.29 is 18.9 Å². The van der Waals surface area contributed by atoms with Gasteiger partial charge in [0.15, 0.2) is 5.65 Å². The van der Waals surface area contributed by atoms with Crippen molar-refractivity contribution in [2.45, 2.75) is 31.9 Å². The lowest BCUT2D eigenvalue weighted by Gasteiger charge is -2.28. The topological polar surface area (TPSA) is 92.5 Å². The highest BCUT2D eigenvalue weighted by atomic mass is 19.4. The van der Waals surface area contributed by atoms with E-state index in [2.05, 4.69) is 25.5 Å². The zero-order chi connectivity index (χ0) is 20.4. The summed E-state index contributed by atoms with van der Waals surface area (Å²) < 4.78 is 40.8. The number of aromatic amines is 1. The van der Waals surface area contributed by atoms with Crippen LogP contribution in [-0.2, 0) is 6.18 Å². The molecule has 29 heavy (non-hydrogen) atoms. The van der Waals surface area contributed by atoms with Gasteiger partial charge in [0.1, 0.15) is 11.5 Å². The van der Waals surface area contributed by atoms with E-state index in [1.165, 1.54) is 6.07 Å². The highest BCUT2D eigenvalue weighted by Crippen LogP contribution is 2.38. The maximum absolute atomic E-state index is 13.6. The van der Waals surface area contributed by atoms with Crippen LogP contribution in [-0.4, -0.2) is 33.3 Å².